The van der Waals surface area contributed by atoms with E-state index in [9.17, 15) is 9.18 Å². The van der Waals surface area contributed by atoms with Crippen molar-refractivity contribution in [1.29, 1.82) is 0 Å². The van der Waals surface area contributed by atoms with E-state index in [4.69, 9.17) is 10.5 Å². The van der Waals surface area contributed by atoms with Gasteiger partial charge < -0.3 is 15.2 Å². The maximum absolute atomic E-state index is 13.6. The highest BCUT2D eigenvalue weighted by atomic mass is 19.1. The molecule has 0 heterocycles. The quantitative estimate of drug-likeness (QED) is 0.789. The highest BCUT2D eigenvalue weighted by Crippen LogP contribution is 2.26. The summed E-state index contributed by atoms with van der Waals surface area (Å²) in [6, 6.07) is 10.2. The number of rotatable bonds is 7. The lowest BCUT2D eigenvalue weighted by Crippen LogP contribution is -2.03. The smallest absolute Gasteiger partial charge is 0.305 e. The van der Waals surface area contributed by atoms with Gasteiger partial charge in [-0.05, 0) is 67.3 Å². The normalized spacial score (nSPS) is 10.5. The summed E-state index contributed by atoms with van der Waals surface area (Å²) in [4.78, 5) is 11.2. The average molecular weight is 331 g/mol. The van der Waals surface area contributed by atoms with E-state index in [1.807, 2.05) is 25.1 Å². The Morgan fingerprint density at radius 2 is 1.92 bits per heavy atom. The Morgan fingerprint density at radius 3 is 2.58 bits per heavy atom. The third-order valence-corrected chi connectivity index (χ3v) is 3.74. The lowest BCUT2D eigenvalue weighted by atomic mass is 10.0. The number of aryl methyl sites for hydroxylation is 2. The second-order valence-electron chi connectivity index (χ2n) is 5.60. The van der Waals surface area contributed by atoms with Gasteiger partial charge in [-0.25, -0.2) is 4.39 Å². The van der Waals surface area contributed by atoms with Gasteiger partial charge in [-0.15, -0.1) is 0 Å². The summed E-state index contributed by atoms with van der Waals surface area (Å²) < 4.78 is 24.0. The van der Waals surface area contributed by atoms with Crippen molar-refractivity contribution >= 4 is 5.97 Å². The van der Waals surface area contributed by atoms with Crippen molar-refractivity contribution in [2.24, 2.45) is 5.73 Å². The van der Waals surface area contributed by atoms with Gasteiger partial charge in [-0.2, -0.15) is 0 Å². The van der Waals surface area contributed by atoms with Gasteiger partial charge in [0, 0.05) is 12.5 Å². The molecule has 0 amide bonds. The topological polar surface area (TPSA) is 61.5 Å². The first-order valence-corrected chi connectivity index (χ1v) is 7.85. The van der Waals surface area contributed by atoms with Crippen LogP contribution in [0.15, 0.2) is 36.4 Å². The van der Waals surface area contributed by atoms with Crippen LogP contribution >= 0.6 is 0 Å². The summed E-state index contributed by atoms with van der Waals surface area (Å²) in [6.07, 6.45) is 1.54. The maximum atomic E-state index is 13.6. The Labute approximate surface area is 141 Å². The molecule has 0 radical (unpaired) electrons. The number of benzene rings is 2. The first kappa shape index (κ1) is 17.9. The zero-order valence-electron chi connectivity index (χ0n) is 14.0. The van der Waals surface area contributed by atoms with Gasteiger partial charge in [0.1, 0.15) is 17.3 Å². The van der Waals surface area contributed by atoms with Crippen molar-refractivity contribution < 1.29 is 18.7 Å². The van der Waals surface area contributed by atoms with Gasteiger partial charge in [-0.3, -0.25) is 4.79 Å². The van der Waals surface area contributed by atoms with Gasteiger partial charge in [0.05, 0.1) is 7.11 Å². The molecule has 2 aromatic carbocycles. The largest absolute Gasteiger partial charge is 0.469 e. The number of carbonyl (C=O) groups is 1. The molecule has 0 saturated carbocycles. The molecule has 2 rings (SSSR count). The standard InChI is InChI=1S/C19H22FNO3/c1-13-9-17(5-3-15(13)4-6-19(22)23-2)24-18-11-14(7-8-21)10-16(20)12-18/h3,5,9-12H,4,6-8,21H2,1-2H3. The van der Waals surface area contributed by atoms with Crippen molar-refractivity contribution in [3.63, 3.8) is 0 Å². The molecule has 0 bridgehead atoms. The number of hydrogen-bond donors (Lipinski definition) is 1. The van der Waals surface area contributed by atoms with Gasteiger partial charge in [0.2, 0.25) is 0 Å². The summed E-state index contributed by atoms with van der Waals surface area (Å²) in [5.74, 6) is 0.489. The molecule has 0 fully saturated rings. The SMILES string of the molecule is COC(=O)CCc1ccc(Oc2cc(F)cc(CCN)c2)cc1C. The zero-order chi connectivity index (χ0) is 17.5. The van der Waals surface area contributed by atoms with Crippen LogP contribution in [-0.2, 0) is 22.4 Å². The minimum atomic E-state index is -0.345. The number of esters is 1. The minimum absolute atomic E-state index is 0.234. The molecule has 0 unspecified atom stereocenters. The first-order valence-electron chi connectivity index (χ1n) is 7.85. The van der Waals surface area contributed by atoms with Crippen LogP contribution < -0.4 is 10.5 Å². The molecule has 4 nitrogen and oxygen atoms in total. The predicted molar refractivity (Wildman–Crippen MR) is 90.7 cm³/mol. The van der Waals surface area contributed by atoms with Crippen LogP contribution in [0.3, 0.4) is 0 Å². The molecule has 0 spiro atoms. The van der Waals surface area contributed by atoms with E-state index in [0.29, 0.717) is 37.3 Å². The second-order valence-corrected chi connectivity index (χ2v) is 5.60. The first-order chi connectivity index (χ1) is 11.5. The molecule has 0 aliphatic rings. The predicted octanol–water partition coefficient (Wildman–Crippen LogP) is 3.53. The summed E-state index contributed by atoms with van der Waals surface area (Å²) in [5, 5.41) is 0. The lowest BCUT2D eigenvalue weighted by molar-refractivity contribution is -0.140. The van der Waals surface area contributed by atoms with Gasteiger partial charge >= 0.3 is 5.97 Å². The molecule has 0 aliphatic carbocycles. The van der Waals surface area contributed by atoms with Gasteiger partial charge in [0.15, 0.2) is 0 Å². The van der Waals surface area contributed by atoms with Gasteiger partial charge in [0.25, 0.3) is 0 Å². The molecule has 128 valence electrons. The molecule has 24 heavy (non-hydrogen) atoms. The third-order valence-electron chi connectivity index (χ3n) is 3.74. The van der Waals surface area contributed by atoms with Crippen LogP contribution in [0.25, 0.3) is 0 Å². The molecule has 2 N–H and O–H groups in total. The fourth-order valence-electron chi connectivity index (χ4n) is 2.48. The van der Waals surface area contributed by atoms with Crippen molar-refractivity contribution in [2.75, 3.05) is 13.7 Å². The second kappa shape index (κ2) is 8.45. The number of halogens is 1. The molecular formula is C19H22FNO3. The summed E-state index contributed by atoms with van der Waals surface area (Å²) in [6.45, 7) is 2.40. The van der Waals surface area contributed by atoms with Crippen LogP contribution in [-0.4, -0.2) is 19.6 Å². The number of nitrogens with two attached hydrogens (primary N) is 1. The maximum Gasteiger partial charge on any atom is 0.305 e. The van der Waals surface area contributed by atoms with Crippen LogP contribution in [0.4, 0.5) is 4.39 Å². The van der Waals surface area contributed by atoms with Crippen LogP contribution in [0.5, 0.6) is 11.5 Å². The van der Waals surface area contributed by atoms with Crippen LogP contribution in [0.1, 0.15) is 23.1 Å². The van der Waals surface area contributed by atoms with Gasteiger partial charge in [-0.1, -0.05) is 6.07 Å². The lowest BCUT2D eigenvalue weighted by Gasteiger charge is -2.11. The Bertz CT molecular complexity index is 716. The fourth-order valence-corrected chi connectivity index (χ4v) is 2.48. The monoisotopic (exact) mass is 331 g/mol. The molecule has 2 aromatic rings. The Kier molecular flexibility index (Phi) is 6.32. The third kappa shape index (κ3) is 5.06. The molecule has 5 heteroatoms. The molecule has 0 saturated heterocycles. The zero-order valence-corrected chi connectivity index (χ0v) is 14.0. The summed E-state index contributed by atoms with van der Waals surface area (Å²) in [7, 11) is 1.38. The summed E-state index contributed by atoms with van der Waals surface area (Å²) in [5.41, 5.74) is 8.38. The highest BCUT2D eigenvalue weighted by molar-refractivity contribution is 5.69. The number of methoxy groups -OCH3 is 1. The van der Waals surface area contributed by atoms with Crippen molar-refractivity contribution in [3.8, 4) is 11.5 Å². The van der Waals surface area contributed by atoms with E-state index in [-0.39, 0.29) is 11.8 Å². The number of ether oxygens (including phenoxy) is 2. The van der Waals surface area contributed by atoms with Crippen LogP contribution in [0.2, 0.25) is 0 Å². The molecule has 0 aromatic heterocycles. The minimum Gasteiger partial charge on any atom is -0.469 e. The van der Waals surface area contributed by atoms with E-state index in [1.165, 1.54) is 19.2 Å². The Morgan fingerprint density at radius 1 is 1.12 bits per heavy atom. The average Bonchev–Trinajstić information content (AvgIpc) is 2.53. The van der Waals surface area contributed by atoms with E-state index < -0.39 is 0 Å². The van der Waals surface area contributed by atoms with E-state index in [0.717, 1.165) is 16.7 Å². The molecule has 0 atom stereocenters. The fraction of sp³-hybridized carbons (Fsp3) is 0.316. The van der Waals surface area contributed by atoms with E-state index >= 15 is 0 Å². The summed E-state index contributed by atoms with van der Waals surface area (Å²) >= 11 is 0. The van der Waals surface area contributed by atoms with Crippen molar-refractivity contribution in [1.82, 2.24) is 0 Å². The number of carbonyl (C=O) groups excluding carboxylic acids is 1. The molecular weight excluding hydrogens is 309 g/mol. The highest BCUT2D eigenvalue weighted by Gasteiger charge is 2.07. The van der Waals surface area contributed by atoms with Crippen LogP contribution in [0, 0.1) is 12.7 Å². The van der Waals surface area contributed by atoms with E-state index in [1.54, 1.807) is 6.07 Å². The Hall–Kier alpha value is -2.40. The van der Waals surface area contributed by atoms with Crippen molar-refractivity contribution in [2.45, 2.75) is 26.2 Å². The van der Waals surface area contributed by atoms with Crippen molar-refractivity contribution in [3.05, 3.63) is 58.9 Å². The molecule has 0 aliphatic heterocycles. The number of hydrogen-bond acceptors (Lipinski definition) is 4. The van der Waals surface area contributed by atoms with E-state index in [2.05, 4.69) is 4.74 Å². The Balaban J connectivity index is 2.10.